The first-order valence-electron chi connectivity index (χ1n) is 13.7. The second-order valence-corrected chi connectivity index (χ2v) is 10.3. The highest BCUT2D eigenvalue weighted by atomic mass is 35.5. The molecular weight excluding hydrogens is 519 g/mol. The van der Waals surface area contributed by atoms with Crippen LogP contribution in [0.5, 0.6) is 11.5 Å². The van der Waals surface area contributed by atoms with Gasteiger partial charge in [-0.3, -0.25) is 4.79 Å². The average molecular weight is 561 g/mol. The largest absolute Gasteiger partial charge is 0.504 e. The van der Waals surface area contributed by atoms with Crippen molar-refractivity contribution in [1.29, 1.82) is 0 Å². The molecule has 0 spiro atoms. The molecule has 1 saturated carbocycles. The summed E-state index contributed by atoms with van der Waals surface area (Å²) in [6, 6.07) is 7.65. The van der Waals surface area contributed by atoms with Crippen LogP contribution in [0.15, 0.2) is 36.7 Å². The number of rotatable bonds is 7. The van der Waals surface area contributed by atoms with Gasteiger partial charge in [0.05, 0.1) is 23.3 Å². The van der Waals surface area contributed by atoms with Gasteiger partial charge < -0.3 is 20.5 Å². The summed E-state index contributed by atoms with van der Waals surface area (Å²) in [4.78, 5) is 19.1. The van der Waals surface area contributed by atoms with Crippen LogP contribution in [0, 0.1) is 17.7 Å². The summed E-state index contributed by atoms with van der Waals surface area (Å²) in [5, 5.41) is 15.9. The number of phenols is 1. The van der Waals surface area contributed by atoms with Gasteiger partial charge in [0.1, 0.15) is 12.1 Å². The lowest BCUT2D eigenvalue weighted by Crippen LogP contribution is -2.25. The van der Waals surface area contributed by atoms with Gasteiger partial charge in [-0.05, 0) is 30.5 Å². The van der Waals surface area contributed by atoms with Crippen LogP contribution in [0.4, 0.5) is 15.9 Å². The summed E-state index contributed by atoms with van der Waals surface area (Å²) < 4.78 is 19.0. The van der Waals surface area contributed by atoms with Crippen molar-refractivity contribution in [3.63, 3.8) is 0 Å². The van der Waals surface area contributed by atoms with Gasteiger partial charge in [-0.15, -0.1) is 0 Å². The Kier molecular flexibility index (Phi) is 13.8. The zero-order valence-corrected chi connectivity index (χ0v) is 24.4. The molecule has 2 aromatic carbocycles. The first-order valence-corrected chi connectivity index (χ1v) is 14.0. The Labute approximate surface area is 236 Å². The number of amides is 1. The van der Waals surface area contributed by atoms with Crippen LogP contribution in [0.1, 0.15) is 72.1 Å². The second kappa shape index (κ2) is 16.7. The van der Waals surface area contributed by atoms with E-state index in [1.165, 1.54) is 64.1 Å². The van der Waals surface area contributed by atoms with Crippen molar-refractivity contribution in [2.75, 3.05) is 19.5 Å². The minimum atomic E-state index is -0.575. The summed E-state index contributed by atoms with van der Waals surface area (Å²) in [5.41, 5.74) is 0.734. The van der Waals surface area contributed by atoms with E-state index in [9.17, 15) is 14.3 Å². The van der Waals surface area contributed by atoms with Crippen molar-refractivity contribution in [1.82, 2.24) is 15.3 Å². The third kappa shape index (κ3) is 10.2. The first-order chi connectivity index (χ1) is 18.7. The van der Waals surface area contributed by atoms with Crippen LogP contribution >= 0.6 is 11.6 Å². The van der Waals surface area contributed by atoms with Crippen LogP contribution in [0.2, 0.25) is 5.02 Å². The lowest BCUT2D eigenvalue weighted by atomic mass is 9.91. The lowest BCUT2D eigenvalue weighted by Gasteiger charge is -2.15. The van der Waals surface area contributed by atoms with Crippen molar-refractivity contribution >= 4 is 39.9 Å². The number of carbonyl (C=O) groups excluding carboxylic acids is 1. The predicted molar refractivity (Wildman–Crippen MR) is 157 cm³/mol. The smallest absolute Gasteiger partial charge is 0.222 e. The summed E-state index contributed by atoms with van der Waals surface area (Å²) in [6.45, 7) is 6.46. The number of fused-ring (bicyclic) bond motifs is 1. The highest BCUT2D eigenvalue weighted by molar-refractivity contribution is 6.31. The Hall–Kier alpha value is -3.13. The normalized spacial score (nSPS) is 13.8. The molecule has 0 radical (unpaired) electrons. The van der Waals surface area contributed by atoms with Gasteiger partial charge in [0, 0.05) is 24.4 Å². The number of unbranched alkanes of at least 4 members (excludes halogenated alkanes) is 1. The molecule has 1 aliphatic carbocycles. The van der Waals surface area contributed by atoms with Crippen LogP contribution in [0.25, 0.3) is 10.9 Å². The maximum atomic E-state index is 14.0. The number of aromatic nitrogens is 2. The Bertz CT molecular complexity index is 1190. The molecule has 0 bridgehead atoms. The Morgan fingerprint density at radius 3 is 2.54 bits per heavy atom. The summed E-state index contributed by atoms with van der Waals surface area (Å²) in [6.07, 6.45) is 12.1. The van der Waals surface area contributed by atoms with Gasteiger partial charge in [0.25, 0.3) is 0 Å². The number of phenolic OH excluding ortho intramolecular Hbond substituents is 1. The number of nitrogens with one attached hydrogen (secondary N) is 2. The van der Waals surface area contributed by atoms with Gasteiger partial charge in [0.15, 0.2) is 17.3 Å². The maximum Gasteiger partial charge on any atom is 0.222 e. The van der Waals surface area contributed by atoms with E-state index in [4.69, 9.17) is 16.3 Å². The summed E-state index contributed by atoms with van der Waals surface area (Å²) >= 11 is 5.76. The fourth-order valence-electron chi connectivity index (χ4n) is 4.26. The van der Waals surface area contributed by atoms with Gasteiger partial charge in [-0.1, -0.05) is 83.4 Å². The van der Waals surface area contributed by atoms with Crippen LogP contribution in [-0.4, -0.2) is 35.1 Å². The minimum Gasteiger partial charge on any atom is -0.504 e. The van der Waals surface area contributed by atoms with Crippen LogP contribution in [-0.2, 0) is 4.79 Å². The Morgan fingerprint density at radius 2 is 1.95 bits per heavy atom. The number of nitrogens with zero attached hydrogens (tertiary/aromatic N) is 2. The molecule has 0 unspecified atom stereocenters. The molecule has 1 amide bonds. The molecule has 3 N–H and O–H groups in total. The van der Waals surface area contributed by atoms with E-state index >= 15 is 0 Å². The molecule has 39 heavy (non-hydrogen) atoms. The number of hydrogen-bond acceptors (Lipinski definition) is 6. The van der Waals surface area contributed by atoms with Crippen LogP contribution in [0.3, 0.4) is 0 Å². The van der Waals surface area contributed by atoms with Gasteiger partial charge in [-0.25, -0.2) is 14.4 Å². The molecule has 214 valence electrons. The highest BCUT2D eigenvalue weighted by Gasteiger charge is 2.13. The molecule has 1 aromatic heterocycles. The van der Waals surface area contributed by atoms with E-state index in [1.807, 2.05) is 6.92 Å². The molecule has 0 saturated heterocycles. The number of methoxy groups -OCH3 is 1. The van der Waals surface area contributed by atoms with Gasteiger partial charge >= 0.3 is 0 Å². The van der Waals surface area contributed by atoms with Crippen LogP contribution < -0.4 is 15.4 Å². The van der Waals surface area contributed by atoms with Crippen molar-refractivity contribution in [2.24, 2.45) is 11.8 Å². The molecule has 0 aliphatic heterocycles. The number of hydrogen-bond donors (Lipinski definition) is 3. The monoisotopic (exact) mass is 560 g/mol. The van der Waals surface area contributed by atoms with E-state index in [-0.39, 0.29) is 28.3 Å². The number of aromatic hydroxyl groups is 1. The number of carbonyl (C=O) groups is 1. The predicted octanol–water partition coefficient (Wildman–Crippen LogP) is 8.03. The molecule has 4 rings (SSSR count). The second-order valence-electron chi connectivity index (χ2n) is 9.89. The van der Waals surface area contributed by atoms with E-state index in [0.717, 1.165) is 18.8 Å². The topological polar surface area (TPSA) is 96.4 Å². The van der Waals surface area contributed by atoms with E-state index in [2.05, 4.69) is 34.4 Å². The quantitative estimate of drug-likeness (QED) is 0.271. The summed E-state index contributed by atoms with van der Waals surface area (Å²) in [7, 11) is 3.13. The molecular formula is C30H42ClFN4O3. The molecule has 1 atom stereocenters. The zero-order chi connectivity index (χ0) is 28.8. The average Bonchev–Trinajstić information content (AvgIpc) is 2.94. The Morgan fingerprint density at radius 1 is 1.23 bits per heavy atom. The third-order valence-electron chi connectivity index (χ3n) is 6.72. The zero-order valence-electron chi connectivity index (χ0n) is 23.7. The summed E-state index contributed by atoms with van der Waals surface area (Å²) in [5.74, 6) is 1.40. The molecule has 9 heteroatoms. The molecule has 1 aliphatic rings. The molecule has 3 aromatic rings. The van der Waals surface area contributed by atoms with Crippen molar-refractivity contribution in [3.8, 4) is 11.5 Å². The van der Waals surface area contributed by atoms with E-state index in [0.29, 0.717) is 22.5 Å². The van der Waals surface area contributed by atoms with Crippen molar-refractivity contribution in [2.45, 2.75) is 72.1 Å². The van der Waals surface area contributed by atoms with Crippen molar-refractivity contribution < 1.29 is 19.0 Å². The van der Waals surface area contributed by atoms with E-state index < -0.39 is 5.82 Å². The van der Waals surface area contributed by atoms with Gasteiger partial charge in [0.2, 0.25) is 5.91 Å². The Balaban J connectivity index is 0.000000259. The highest BCUT2D eigenvalue weighted by Crippen LogP contribution is 2.34. The molecule has 1 heterocycles. The third-order valence-corrected chi connectivity index (χ3v) is 7.01. The number of anilines is 2. The van der Waals surface area contributed by atoms with Crippen molar-refractivity contribution in [3.05, 3.63) is 47.5 Å². The standard InChI is InChI=1S/C15H11ClFN3O2.C8H17NO.C7H14/c1-22-13-6-11-8(5-12(13)21)15(19-7-18-11)20-10-4-2-3-9(16)14(10)17;1-4-5-6-7(2)8(10)9-3;1-7-5-3-2-4-6-7/h2-7,21H,1H3,(H,18,19,20);7H,4-6H2,1-3H3,(H,9,10);7H,2-6H2,1H3/t;7-;/m.1./s1. The van der Waals surface area contributed by atoms with E-state index in [1.54, 1.807) is 25.2 Å². The molecule has 7 nitrogen and oxygen atoms in total. The lowest BCUT2D eigenvalue weighted by molar-refractivity contribution is -0.124. The number of ether oxygens (including phenoxy) is 1. The molecule has 1 fully saturated rings. The number of benzene rings is 2. The fraction of sp³-hybridized carbons (Fsp3) is 0.500. The van der Waals surface area contributed by atoms with Gasteiger partial charge in [-0.2, -0.15) is 0 Å². The fourth-order valence-corrected chi connectivity index (χ4v) is 4.43. The first kappa shape index (κ1) is 32.1. The SMILES string of the molecule is CC1CCCCC1.CCCC[C@@H](C)C(=O)NC.COc1cc2ncnc(Nc3cccc(Cl)c3F)c2cc1O. The maximum absolute atomic E-state index is 14.0. The minimum absolute atomic E-state index is 0.00729. The number of halogens is 2.